The highest BCUT2D eigenvalue weighted by Gasteiger charge is 2.17. The van der Waals surface area contributed by atoms with Crippen molar-refractivity contribution in [2.75, 3.05) is 11.9 Å². The molecule has 2 aromatic heterocycles. The van der Waals surface area contributed by atoms with Crippen LogP contribution in [0.3, 0.4) is 0 Å². The summed E-state index contributed by atoms with van der Waals surface area (Å²) in [5.74, 6) is 0.313. The molecule has 0 fully saturated rings. The van der Waals surface area contributed by atoms with Crippen LogP contribution in [-0.2, 0) is 13.6 Å². The average Bonchev–Trinajstić information content (AvgIpc) is 2.93. The monoisotopic (exact) mass is 250 g/mol. The van der Waals surface area contributed by atoms with Gasteiger partial charge in [0.1, 0.15) is 6.20 Å². The van der Waals surface area contributed by atoms with Crippen LogP contribution in [0.4, 0.5) is 11.5 Å². The minimum absolute atomic E-state index is 0.000121. The summed E-state index contributed by atoms with van der Waals surface area (Å²) in [6.45, 7) is 1.43. The molecule has 0 aliphatic heterocycles. The first-order valence-corrected chi connectivity index (χ1v) is 5.54. The van der Waals surface area contributed by atoms with Gasteiger partial charge in [0, 0.05) is 32.5 Å². The van der Waals surface area contributed by atoms with Gasteiger partial charge in [0.2, 0.25) is 5.82 Å². The Morgan fingerprint density at radius 2 is 2.39 bits per heavy atom. The molecule has 8 nitrogen and oxygen atoms in total. The predicted octanol–water partition coefficient (Wildman–Crippen LogP) is 1.03. The van der Waals surface area contributed by atoms with Crippen molar-refractivity contribution in [3.8, 4) is 0 Å². The minimum atomic E-state index is -0.439. The van der Waals surface area contributed by atoms with E-state index in [4.69, 9.17) is 0 Å². The Morgan fingerprint density at radius 3 is 3.06 bits per heavy atom. The molecular weight excluding hydrogens is 236 g/mol. The molecule has 96 valence electrons. The molecule has 0 radical (unpaired) electrons. The summed E-state index contributed by atoms with van der Waals surface area (Å²) < 4.78 is 3.38. The molecule has 0 bridgehead atoms. The molecule has 1 N–H and O–H groups in total. The normalized spacial score (nSPS) is 10.5. The van der Waals surface area contributed by atoms with Gasteiger partial charge in [0.05, 0.1) is 11.3 Å². The van der Waals surface area contributed by atoms with E-state index < -0.39 is 4.92 Å². The van der Waals surface area contributed by atoms with Crippen LogP contribution in [0, 0.1) is 10.1 Å². The zero-order valence-electron chi connectivity index (χ0n) is 9.98. The molecule has 0 aromatic carbocycles. The van der Waals surface area contributed by atoms with E-state index in [1.54, 1.807) is 19.6 Å². The van der Waals surface area contributed by atoms with Crippen LogP contribution in [0.5, 0.6) is 0 Å². The second-order valence-corrected chi connectivity index (χ2v) is 3.87. The smallest absolute Gasteiger partial charge is 0.330 e. The third-order valence-electron chi connectivity index (χ3n) is 2.45. The summed E-state index contributed by atoms with van der Waals surface area (Å²) in [5, 5.41) is 17.7. The molecule has 0 saturated carbocycles. The standard InChI is InChI=1S/C10H14N6O2/c1-14-7-9(16(17)18)10(13-14)12-3-2-5-15-6-4-11-8-15/h4,6-8H,2-3,5H2,1H3,(H,12,13). The molecule has 0 aliphatic carbocycles. The van der Waals surface area contributed by atoms with Gasteiger partial charge in [-0.2, -0.15) is 0 Å². The SMILES string of the molecule is Cn1cc([N+](=O)[O-])c(NCCCn2ccnc2)n1. The van der Waals surface area contributed by atoms with Crippen LogP contribution in [0.2, 0.25) is 0 Å². The third kappa shape index (κ3) is 2.84. The fraction of sp³-hybridized carbons (Fsp3) is 0.400. The number of hydrogen-bond donors (Lipinski definition) is 1. The van der Waals surface area contributed by atoms with E-state index in [2.05, 4.69) is 15.4 Å². The van der Waals surface area contributed by atoms with Crippen molar-refractivity contribution in [3.63, 3.8) is 0 Å². The van der Waals surface area contributed by atoms with Gasteiger partial charge < -0.3 is 9.88 Å². The lowest BCUT2D eigenvalue weighted by Crippen LogP contribution is -2.07. The fourth-order valence-electron chi connectivity index (χ4n) is 1.62. The maximum atomic E-state index is 10.8. The number of imidazole rings is 1. The summed E-state index contributed by atoms with van der Waals surface area (Å²) in [4.78, 5) is 14.3. The Balaban J connectivity index is 1.84. The lowest BCUT2D eigenvalue weighted by atomic mass is 10.4. The summed E-state index contributed by atoms with van der Waals surface area (Å²) in [6.07, 6.45) is 7.56. The predicted molar refractivity (Wildman–Crippen MR) is 65.2 cm³/mol. The maximum absolute atomic E-state index is 10.8. The van der Waals surface area contributed by atoms with Gasteiger partial charge in [-0.15, -0.1) is 5.10 Å². The van der Waals surface area contributed by atoms with Gasteiger partial charge in [-0.05, 0) is 6.42 Å². The maximum Gasteiger partial charge on any atom is 0.330 e. The van der Waals surface area contributed by atoms with Gasteiger partial charge >= 0.3 is 5.69 Å². The Bertz CT molecular complexity index is 518. The highest BCUT2D eigenvalue weighted by atomic mass is 16.6. The quantitative estimate of drug-likeness (QED) is 0.469. The van der Waals surface area contributed by atoms with Crippen LogP contribution >= 0.6 is 0 Å². The van der Waals surface area contributed by atoms with E-state index >= 15 is 0 Å². The number of aromatic nitrogens is 4. The van der Waals surface area contributed by atoms with Gasteiger partial charge in [0.15, 0.2) is 0 Å². The Hall–Kier alpha value is -2.38. The van der Waals surface area contributed by atoms with Gasteiger partial charge in [-0.1, -0.05) is 0 Å². The second-order valence-electron chi connectivity index (χ2n) is 3.87. The number of nitrogens with zero attached hydrogens (tertiary/aromatic N) is 5. The number of rotatable bonds is 6. The second kappa shape index (κ2) is 5.30. The first kappa shape index (κ1) is 12.1. The number of nitro groups is 1. The molecule has 0 aliphatic rings. The zero-order chi connectivity index (χ0) is 13.0. The van der Waals surface area contributed by atoms with E-state index in [1.165, 1.54) is 10.9 Å². The molecule has 8 heteroatoms. The van der Waals surface area contributed by atoms with Crippen molar-refractivity contribution in [3.05, 3.63) is 35.0 Å². The lowest BCUT2D eigenvalue weighted by molar-refractivity contribution is -0.384. The number of hydrogen-bond acceptors (Lipinski definition) is 5. The van der Waals surface area contributed by atoms with Crippen LogP contribution in [0.1, 0.15) is 6.42 Å². The summed E-state index contributed by atoms with van der Waals surface area (Å²) in [7, 11) is 1.66. The fourth-order valence-corrected chi connectivity index (χ4v) is 1.62. The van der Waals surface area contributed by atoms with Crippen LogP contribution < -0.4 is 5.32 Å². The molecule has 0 amide bonds. The molecule has 2 heterocycles. The Morgan fingerprint density at radius 1 is 1.56 bits per heavy atom. The summed E-state index contributed by atoms with van der Waals surface area (Å²) in [6, 6.07) is 0. The van der Waals surface area contributed by atoms with Crippen LogP contribution in [-0.4, -0.2) is 30.8 Å². The van der Waals surface area contributed by atoms with Crippen molar-refractivity contribution in [2.24, 2.45) is 7.05 Å². The summed E-state index contributed by atoms with van der Waals surface area (Å²) >= 11 is 0. The average molecular weight is 250 g/mol. The largest absolute Gasteiger partial charge is 0.363 e. The van der Waals surface area contributed by atoms with E-state index in [0.717, 1.165) is 13.0 Å². The van der Waals surface area contributed by atoms with Gasteiger partial charge in [0.25, 0.3) is 0 Å². The molecule has 18 heavy (non-hydrogen) atoms. The third-order valence-corrected chi connectivity index (χ3v) is 2.45. The first-order valence-electron chi connectivity index (χ1n) is 5.54. The zero-order valence-corrected chi connectivity index (χ0v) is 9.98. The van der Waals surface area contributed by atoms with Crippen LogP contribution in [0.15, 0.2) is 24.9 Å². The number of aryl methyl sites for hydroxylation is 2. The van der Waals surface area contributed by atoms with E-state index in [9.17, 15) is 10.1 Å². The van der Waals surface area contributed by atoms with Gasteiger partial charge in [-0.3, -0.25) is 14.8 Å². The van der Waals surface area contributed by atoms with Crippen molar-refractivity contribution < 1.29 is 4.92 Å². The van der Waals surface area contributed by atoms with Crippen LogP contribution in [0.25, 0.3) is 0 Å². The summed E-state index contributed by atoms with van der Waals surface area (Å²) in [5.41, 5.74) is 0.000121. The molecule has 0 atom stereocenters. The Kier molecular flexibility index (Phi) is 3.56. The van der Waals surface area contributed by atoms with Crippen molar-refractivity contribution in [2.45, 2.75) is 13.0 Å². The number of nitrogens with one attached hydrogen (secondary N) is 1. The first-order chi connectivity index (χ1) is 8.66. The molecule has 2 aromatic rings. The lowest BCUT2D eigenvalue weighted by Gasteiger charge is -2.03. The van der Waals surface area contributed by atoms with Gasteiger partial charge in [-0.25, -0.2) is 4.98 Å². The molecule has 0 saturated heterocycles. The topological polar surface area (TPSA) is 90.8 Å². The molecule has 2 rings (SSSR count). The van der Waals surface area contributed by atoms with E-state index in [-0.39, 0.29) is 5.69 Å². The van der Waals surface area contributed by atoms with Crippen molar-refractivity contribution in [1.29, 1.82) is 0 Å². The number of anilines is 1. The Labute approximate surface area is 103 Å². The van der Waals surface area contributed by atoms with Crippen molar-refractivity contribution in [1.82, 2.24) is 19.3 Å². The minimum Gasteiger partial charge on any atom is -0.363 e. The van der Waals surface area contributed by atoms with E-state index in [0.29, 0.717) is 12.4 Å². The highest BCUT2D eigenvalue weighted by molar-refractivity contribution is 5.54. The van der Waals surface area contributed by atoms with Crippen molar-refractivity contribution >= 4 is 11.5 Å². The molecular formula is C10H14N6O2. The highest BCUT2D eigenvalue weighted by Crippen LogP contribution is 2.21. The molecule has 0 unspecified atom stereocenters. The van der Waals surface area contributed by atoms with E-state index in [1.807, 2.05) is 10.8 Å². The molecule has 0 spiro atoms.